The number of pyridine rings is 1. The Morgan fingerprint density at radius 3 is 2.78 bits per heavy atom. The van der Waals surface area contributed by atoms with Gasteiger partial charge in [-0.15, -0.1) is 0 Å². The Bertz CT molecular complexity index is 462. The summed E-state index contributed by atoms with van der Waals surface area (Å²) in [5.41, 5.74) is 0.575. The van der Waals surface area contributed by atoms with Gasteiger partial charge in [0.05, 0.1) is 11.5 Å². The molecule has 1 amide bonds. The second kappa shape index (κ2) is 5.95. The van der Waals surface area contributed by atoms with Gasteiger partial charge in [-0.2, -0.15) is 0 Å². The summed E-state index contributed by atoms with van der Waals surface area (Å²) in [6.07, 6.45) is 1.17. The Morgan fingerprint density at radius 2 is 2.28 bits per heavy atom. The minimum atomic E-state index is -0.500. The largest absolute Gasteiger partial charge is 0.361 e. The molecule has 0 unspecified atom stereocenters. The molecule has 0 spiro atoms. The maximum Gasteiger partial charge on any atom is 0.287 e. The van der Waals surface area contributed by atoms with Crippen LogP contribution < -0.4 is 5.32 Å². The first-order valence-electron chi connectivity index (χ1n) is 5.54. The van der Waals surface area contributed by atoms with Crippen molar-refractivity contribution < 1.29 is 9.72 Å². The van der Waals surface area contributed by atoms with Gasteiger partial charge in [0, 0.05) is 19.7 Å². The van der Waals surface area contributed by atoms with E-state index in [2.05, 4.69) is 10.3 Å². The SMILES string of the molecule is CCN(C)C(=O)CNc1ncc([N+](=O)[O-])cc1C. The summed E-state index contributed by atoms with van der Waals surface area (Å²) >= 11 is 0. The number of hydrogen-bond acceptors (Lipinski definition) is 5. The van der Waals surface area contributed by atoms with Gasteiger partial charge in [0.25, 0.3) is 5.69 Å². The number of nitrogens with zero attached hydrogens (tertiary/aromatic N) is 3. The molecular formula is C11H16N4O3. The molecule has 0 aliphatic rings. The van der Waals surface area contributed by atoms with Gasteiger partial charge >= 0.3 is 0 Å². The molecule has 1 N–H and O–H groups in total. The molecule has 98 valence electrons. The van der Waals surface area contributed by atoms with Crippen LogP contribution in [-0.4, -0.2) is 40.9 Å². The number of aromatic nitrogens is 1. The lowest BCUT2D eigenvalue weighted by molar-refractivity contribution is -0.385. The standard InChI is InChI=1S/C11H16N4O3/c1-4-14(3)10(16)7-13-11-8(2)5-9(6-12-11)15(17)18/h5-6H,4,7H2,1-3H3,(H,12,13). The number of amides is 1. The second-order valence-corrected chi connectivity index (χ2v) is 3.88. The van der Waals surface area contributed by atoms with Crippen molar-refractivity contribution in [3.05, 3.63) is 27.9 Å². The highest BCUT2D eigenvalue weighted by Crippen LogP contribution is 2.17. The molecule has 0 bridgehead atoms. The van der Waals surface area contributed by atoms with E-state index in [1.165, 1.54) is 12.3 Å². The molecule has 0 aliphatic heterocycles. The summed E-state index contributed by atoms with van der Waals surface area (Å²) < 4.78 is 0. The van der Waals surface area contributed by atoms with Crippen LogP contribution in [0.5, 0.6) is 0 Å². The molecule has 7 nitrogen and oxygen atoms in total. The first-order valence-corrected chi connectivity index (χ1v) is 5.54. The molecule has 0 saturated carbocycles. The molecule has 0 fully saturated rings. The van der Waals surface area contributed by atoms with Gasteiger partial charge in [-0.25, -0.2) is 4.98 Å². The van der Waals surface area contributed by atoms with Crippen molar-refractivity contribution in [2.45, 2.75) is 13.8 Å². The van der Waals surface area contributed by atoms with Crippen LogP contribution in [0, 0.1) is 17.0 Å². The van der Waals surface area contributed by atoms with Crippen LogP contribution >= 0.6 is 0 Å². The third-order valence-electron chi connectivity index (χ3n) is 2.58. The predicted molar refractivity (Wildman–Crippen MR) is 67.4 cm³/mol. The minimum absolute atomic E-state index is 0.0583. The van der Waals surface area contributed by atoms with Crippen molar-refractivity contribution in [2.24, 2.45) is 0 Å². The molecule has 18 heavy (non-hydrogen) atoms. The number of aryl methyl sites for hydroxylation is 1. The molecule has 0 radical (unpaired) electrons. The topological polar surface area (TPSA) is 88.4 Å². The zero-order valence-electron chi connectivity index (χ0n) is 10.6. The molecule has 1 heterocycles. The van der Waals surface area contributed by atoms with Crippen LogP contribution in [-0.2, 0) is 4.79 Å². The maximum atomic E-state index is 11.6. The van der Waals surface area contributed by atoms with Crippen LogP contribution in [0.1, 0.15) is 12.5 Å². The summed E-state index contributed by atoms with van der Waals surface area (Å²) in [6.45, 7) is 4.34. The zero-order valence-corrected chi connectivity index (χ0v) is 10.6. The van der Waals surface area contributed by atoms with Crippen molar-refractivity contribution in [1.82, 2.24) is 9.88 Å². The highest BCUT2D eigenvalue weighted by molar-refractivity contribution is 5.80. The summed E-state index contributed by atoms with van der Waals surface area (Å²) in [4.78, 5) is 27.1. The van der Waals surface area contributed by atoms with Gasteiger partial charge in [0.15, 0.2) is 0 Å². The van der Waals surface area contributed by atoms with Crippen LogP contribution in [0.15, 0.2) is 12.3 Å². The number of carbonyl (C=O) groups excluding carboxylic acids is 1. The maximum absolute atomic E-state index is 11.6. The number of carbonyl (C=O) groups is 1. The summed E-state index contributed by atoms with van der Waals surface area (Å²) in [7, 11) is 1.71. The number of anilines is 1. The Labute approximate surface area is 105 Å². The molecule has 1 aromatic rings. The van der Waals surface area contributed by atoms with Gasteiger partial charge in [-0.1, -0.05) is 0 Å². The van der Waals surface area contributed by atoms with Crippen LogP contribution in [0.25, 0.3) is 0 Å². The van der Waals surface area contributed by atoms with E-state index in [-0.39, 0.29) is 18.1 Å². The number of hydrogen-bond donors (Lipinski definition) is 1. The van der Waals surface area contributed by atoms with Crippen LogP contribution in [0.3, 0.4) is 0 Å². The van der Waals surface area contributed by atoms with Crippen molar-refractivity contribution in [2.75, 3.05) is 25.5 Å². The molecule has 0 aliphatic carbocycles. The van der Waals surface area contributed by atoms with E-state index in [1.54, 1.807) is 18.9 Å². The summed E-state index contributed by atoms with van der Waals surface area (Å²) in [6, 6.07) is 1.42. The summed E-state index contributed by atoms with van der Waals surface area (Å²) in [5, 5.41) is 13.4. The third kappa shape index (κ3) is 3.41. The fraction of sp³-hybridized carbons (Fsp3) is 0.455. The molecule has 7 heteroatoms. The lowest BCUT2D eigenvalue weighted by Gasteiger charge is -2.15. The predicted octanol–water partition coefficient (Wildman–Crippen LogP) is 1.19. The quantitative estimate of drug-likeness (QED) is 0.628. The van der Waals surface area contributed by atoms with Crippen molar-refractivity contribution in [1.29, 1.82) is 0 Å². The lowest BCUT2D eigenvalue weighted by Crippen LogP contribution is -2.32. The second-order valence-electron chi connectivity index (χ2n) is 3.88. The number of likely N-dealkylation sites (N-methyl/N-ethyl adjacent to an activating group) is 1. The van der Waals surface area contributed by atoms with E-state index in [4.69, 9.17) is 0 Å². The molecule has 1 rings (SSSR count). The third-order valence-corrected chi connectivity index (χ3v) is 2.58. The van der Waals surface area contributed by atoms with Crippen molar-refractivity contribution in [3.63, 3.8) is 0 Å². The number of nitro groups is 1. The molecule has 0 atom stereocenters. The van der Waals surface area contributed by atoms with E-state index >= 15 is 0 Å². The number of rotatable bonds is 5. The van der Waals surface area contributed by atoms with Gasteiger partial charge in [-0.05, 0) is 19.4 Å². The Hall–Kier alpha value is -2.18. The van der Waals surface area contributed by atoms with E-state index in [0.717, 1.165) is 0 Å². The van der Waals surface area contributed by atoms with Gasteiger partial charge < -0.3 is 10.2 Å². The first kappa shape index (κ1) is 13.9. The fourth-order valence-electron chi connectivity index (χ4n) is 1.32. The fourth-order valence-corrected chi connectivity index (χ4v) is 1.32. The van der Waals surface area contributed by atoms with Crippen LogP contribution in [0.4, 0.5) is 11.5 Å². The van der Waals surface area contributed by atoms with Gasteiger partial charge in [0.1, 0.15) is 12.0 Å². The first-order chi connectivity index (χ1) is 8.45. The van der Waals surface area contributed by atoms with E-state index in [0.29, 0.717) is 17.9 Å². The average Bonchev–Trinajstić information content (AvgIpc) is 2.35. The summed E-state index contributed by atoms with van der Waals surface area (Å²) in [5.74, 6) is 0.426. The van der Waals surface area contributed by atoms with E-state index < -0.39 is 4.92 Å². The van der Waals surface area contributed by atoms with Gasteiger partial charge in [-0.3, -0.25) is 14.9 Å². The smallest absolute Gasteiger partial charge is 0.287 e. The van der Waals surface area contributed by atoms with Crippen molar-refractivity contribution in [3.8, 4) is 0 Å². The highest BCUT2D eigenvalue weighted by Gasteiger charge is 2.11. The highest BCUT2D eigenvalue weighted by atomic mass is 16.6. The van der Waals surface area contributed by atoms with Crippen LogP contribution in [0.2, 0.25) is 0 Å². The monoisotopic (exact) mass is 252 g/mol. The lowest BCUT2D eigenvalue weighted by atomic mass is 10.2. The Kier molecular flexibility index (Phi) is 4.59. The normalized spacial score (nSPS) is 9.94. The minimum Gasteiger partial charge on any atom is -0.361 e. The van der Waals surface area contributed by atoms with Gasteiger partial charge in [0.2, 0.25) is 5.91 Å². The van der Waals surface area contributed by atoms with E-state index in [9.17, 15) is 14.9 Å². The molecular weight excluding hydrogens is 236 g/mol. The van der Waals surface area contributed by atoms with Crippen molar-refractivity contribution >= 4 is 17.4 Å². The van der Waals surface area contributed by atoms with E-state index in [1.807, 2.05) is 6.92 Å². The number of nitrogens with one attached hydrogen (secondary N) is 1. The Balaban J connectivity index is 2.69. The molecule has 0 saturated heterocycles. The Morgan fingerprint density at radius 1 is 1.61 bits per heavy atom. The average molecular weight is 252 g/mol. The zero-order chi connectivity index (χ0) is 13.7. The molecule has 1 aromatic heterocycles. The molecule has 0 aromatic carbocycles.